The second-order valence-corrected chi connectivity index (χ2v) is 6.95. The van der Waals surface area contributed by atoms with Crippen molar-refractivity contribution in [3.8, 4) is 0 Å². The normalized spacial score (nSPS) is 22.8. The Morgan fingerprint density at radius 1 is 1.05 bits per heavy atom. The van der Waals surface area contributed by atoms with E-state index in [2.05, 4.69) is 10.2 Å². The van der Waals surface area contributed by atoms with Gasteiger partial charge in [0.15, 0.2) is 0 Å². The van der Waals surface area contributed by atoms with Gasteiger partial charge in [-0.2, -0.15) is 0 Å². The van der Waals surface area contributed by atoms with Gasteiger partial charge in [0.1, 0.15) is 0 Å². The molecular weight excluding hydrogens is 321 g/mol. The summed E-state index contributed by atoms with van der Waals surface area (Å²) in [4.78, 5) is 16.9. The fourth-order valence-corrected chi connectivity index (χ4v) is 3.90. The number of amides is 2. The van der Waals surface area contributed by atoms with Crippen molar-refractivity contribution in [2.24, 2.45) is 0 Å². The molecule has 1 aromatic carbocycles. The molecule has 120 valence electrons. The average molecular weight is 342 g/mol. The van der Waals surface area contributed by atoms with Gasteiger partial charge in [0.05, 0.1) is 0 Å². The molecule has 0 aliphatic carbocycles. The number of piperidine rings is 1. The maximum absolute atomic E-state index is 12.5. The summed E-state index contributed by atoms with van der Waals surface area (Å²) in [6, 6.07) is 5.52. The van der Waals surface area contributed by atoms with Crippen molar-refractivity contribution in [3.05, 3.63) is 28.2 Å². The van der Waals surface area contributed by atoms with E-state index >= 15 is 0 Å². The zero-order valence-corrected chi connectivity index (χ0v) is 14.0. The first-order chi connectivity index (χ1) is 10.6. The number of likely N-dealkylation sites (tertiary alicyclic amines) is 2. The Labute approximate surface area is 141 Å². The van der Waals surface area contributed by atoms with Crippen LogP contribution in [0.4, 0.5) is 10.5 Å². The summed E-state index contributed by atoms with van der Waals surface area (Å²) in [7, 11) is 0. The predicted molar refractivity (Wildman–Crippen MR) is 90.9 cm³/mol. The second kappa shape index (κ2) is 7.07. The van der Waals surface area contributed by atoms with Crippen LogP contribution in [-0.2, 0) is 0 Å². The summed E-state index contributed by atoms with van der Waals surface area (Å²) in [5, 5.41) is 3.95. The van der Waals surface area contributed by atoms with Gasteiger partial charge in [-0.25, -0.2) is 4.79 Å². The highest BCUT2D eigenvalue weighted by Crippen LogP contribution is 2.24. The molecule has 4 nitrogen and oxygen atoms in total. The lowest BCUT2D eigenvalue weighted by molar-refractivity contribution is 0.132. The lowest BCUT2D eigenvalue weighted by Crippen LogP contribution is -2.50. The zero-order chi connectivity index (χ0) is 15.5. The Hall–Kier alpha value is -0.970. The van der Waals surface area contributed by atoms with Gasteiger partial charge < -0.3 is 10.2 Å². The monoisotopic (exact) mass is 341 g/mol. The molecule has 2 saturated heterocycles. The minimum atomic E-state index is -0.0674. The number of nitrogens with one attached hydrogen (secondary N) is 1. The molecule has 0 aromatic heterocycles. The van der Waals surface area contributed by atoms with Gasteiger partial charge in [-0.15, -0.1) is 0 Å². The largest absolute Gasteiger partial charge is 0.323 e. The van der Waals surface area contributed by atoms with Crippen LogP contribution in [0.1, 0.15) is 25.7 Å². The van der Waals surface area contributed by atoms with Crippen molar-refractivity contribution in [2.45, 2.75) is 31.7 Å². The van der Waals surface area contributed by atoms with Crippen LogP contribution in [0.25, 0.3) is 0 Å². The number of urea groups is 1. The van der Waals surface area contributed by atoms with Crippen LogP contribution in [-0.4, -0.2) is 48.1 Å². The molecule has 1 atom stereocenters. The van der Waals surface area contributed by atoms with Crippen molar-refractivity contribution in [2.75, 3.05) is 31.5 Å². The number of halogens is 2. The SMILES string of the molecule is O=C(Nc1cc(Cl)cc(Cl)c1)N1CCC[C@H](N2CCCC2)C1. The van der Waals surface area contributed by atoms with E-state index < -0.39 is 0 Å². The van der Waals surface area contributed by atoms with Crippen molar-refractivity contribution in [1.29, 1.82) is 0 Å². The maximum Gasteiger partial charge on any atom is 0.321 e. The Morgan fingerprint density at radius 3 is 2.41 bits per heavy atom. The highest BCUT2D eigenvalue weighted by atomic mass is 35.5. The Kier molecular flexibility index (Phi) is 5.11. The van der Waals surface area contributed by atoms with E-state index in [9.17, 15) is 4.79 Å². The molecular formula is C16H21Cl2N3O. The molecule has 6 heteroatoms. The van der Waals surface area contributed by atoms with Gasteiger partial charge in [-0.1, -0.05) is 23.2 Å². The Morgan fingerprint density at radius 2 is 1.73 bits per heavy atom. The third kappa shape index (κ3) is 3.86. The minimum absolute atomic E-state index is 0.0674. The number of carbonyl (C=O) groups excluding carboxylic acids is 1. The number of benzene rings is 1. The van der Waals surface area contributed by atoms with Crippen LogP contribution in [0.15, 0.2) is 18.2 Å². The Balaban J connectivity index is 1.61. The predicted octanol–water partition coefficient (Wildman–Crippen LogP) is 4.09. The van der Waals surface area contributed by atoms with Crippen molar-refractivity contribution in [3.63, 3.8) is 0 Å². The number of rotatable bonds is 2. The maximum atomic E-state index is 12.5. The summed E-state index contributed by atoms with van der Waals surface area (Å²) in [5.74, 6) is 0. The number of nitrogens with zero attached hydrogens (tertiary/aromatic N) is 2. The van der Waals surface area contributed by atoms with Crippen LogP contribution < -0.4 is 5.32 Å². The summed E-state index contributed by atoms with van der Waals surface area (Å²) >= 11 is 11.9. The first-order valence-electron chi connectivity index (χ1n) is 7.88. The smallest absolute Gasteiger partial charge is 0.321 e. The first kappa shape index (κ1) is 15.9. The quantitative estimate of drug-likeness (QED) is 0.879. The number of anilines is 1. The van der Waals surface area contributed by atoms with Gasteiger partial charge in [-0.05, 0) is 57.0 Å². The molecule has 2 fully saturated rings. The van der Waals surface area contributed by atoms with E-state index in [1.807, 2.05) is 4.90 Å². The molecule has 0 unspecified atom stereocenters. The van der Waals surface area contributed by atoms with E-state index in [0.29, 0.717) is 21.8 Å². The Bertz CT molecular complexity index is 526. The molecule has 2 aliphatic heterocycles. The van der Waals surface area contributed by atoms with E-state index in [1.54, 1.807) is 18.2 Å². The lowest BCUT2D eigenvalue weighted by Gasteiger charge is -2.37. The summed E-state index contributed by atoms with van der Waals surface area (Å²) in [6.07, 6.45) is 4.81. The molecule has 2 heterocycles. The third-order valence-corrected chi connectivity index (χ3v) is 4.89. The fraction of sp³-hybridized carbons (Fsp3) is 0.562. The number of hydrogen-bond acceptors (Lipinski definition) is 2. The van der Waals surface area contributed by atoms with E-state index in [1.165, 1.54) is 32.4 Å². The van der Waals surface area contributed by atoms with Crippen LogP contribution in [0, 0.1) is 0 Å². The zero-order valence-electron chi connectivity index (χ0n) is 12.5. The van der Waals surface area contributed by atoms with E-state index in [4.69, 9.17) is 23.2 Å². The summed E-state index contributed by atoms with van der Waals surface area (Å²) in [6.45, 7) is 3.96. The van der Waals surface area contributed by atoms with Gasteiger partial charge >= 0.3 is 6.03 Å². The molecule has 1 aromatic rings. The molecule has 2 amide bonds. The van der Waals surface area contributed by atoms with Crippen LogP contribution in [0.3, 0.4) is 0 Å². The number of carbonyl (C=O) groups is 1. The lowest BCUT2D eigenvalue weighted by atomic mass is 10.0. The van der Waals surface area contributed by atoms with Crippen LogP contribution in [0.5, 0.6) is 0 Å². The summed E-state index contributed by atoms with van der Waals surface area (Å²) in [5.41, 5.74) is 0.644. The molecule has 0 spiro atoms. The molecule has 0 radical (unpaired) electrons. The highest BCUT2D eigenvalue weighted by molar-refractivity contribution is 6.35. The molecule has 3 rings (SSSR count). The number of hydrogen-bond donors (Lipinski definition) is 1. The van der Waals surface area contributed by atoms with Crippen LogP contribution in [0.2, 0.25) is 10.0 Å². The van der Waals surface area contributed by atoms with E-state index in [0.717, 1.165) is 19.5 Å². The van der Waals surface area contributed by atoms with Gasteiger partial charge in [0, 0.05) is 34.9 Å². The molecule has 2 aliphatic rings. The standard InChI is InChI=1S/C16H21Cl2N3O/c17-12-8-13(18)10-14(9-12)19-16(22)21-7-3-4-15(11-21)20-5-1-2-6-20/h8-10,15H,1-7,11H2,(H,19,22)/t15-/m0/s1. The molecule has 1 N–H and O–H groups in total. The molecule has 22 heavy (non-hydrogen) atoms. The highest BCUT2D eigenvalue weighted by Gasteiger charge is 2.29. The second-order valence-electron chi connectivity index (χ2n) is 6.07. The topological polar surface area (TPSA) is 35.6 Å². The van der Waals surface area contributed by atoms with Crippen molar-refractivity contribution < 1.29 is 4.79 Å². The van der Waals surface area contributed by atoms with E-state index in [-0.39, 0.29) is 6.03 Å². The van der Waals surface area contributed by atoms with Gasteiger partial charge in [0.25, 0.3) is 0 Å². The fourth-order valence-electron chi connectivity index (χ4n) is 3.37. The van der Waals surface area contributed by atoms with Gasteiger partial charge in [-0.3, -0.25) is 4.90 Å². The average Bonchev–Trinajstić information content (AvgIpc) is 3.00. The molecule has 0 saturated carbocycles. The summed E-state index contributed by atoms with van der Waals surface area (Å²) < 4.78 is 0. The molecule has 0 bridgehead atoms. The van der Waals surface area contributed by atoms with Gasteiger partial charge in [0.2, 0.25) is 0 Å². The third-order valence-electron chi connectivity index (χ3n) is 4.45. The first-order valence-corrected chi connectivity index (χ1v) is 8.63. The van der Waals surface area contributed by atoms with Crippen LogP contribution >= 0.6 is 23.2 Å². The van der Waals surface area contributed by atoms with Crippen molar-refractivity contribution in [1.82, 2.24) is 9.80 Å². The van der Waals surface area contributed by atoms with Crippen molar-refractivity contribution >= 4 is 34.9 Å². The minimum Gasteiger partial charge on any atom is -0.323 e.